The minimum atomic E-state index is 0.0722. The van der Waals surface area contributed by atoms with E-state index in [2.05, 4.69) is 6.58 Å². The maximum atomic E-state index is 10.1. The minimum Gasteiger partial charge on any atom is -0.504 e. The van der Waals surface area contributed by atoms with Crippen molar-refractivity contribution in [3.63, 3.8) is 0 Å². The first-order valence-electron chi connectivity index (χ1n) is 7.51. The zero-order valence-electron chi connectivity index (χ0n) is 14.4. The second-order valence-corrected chi connectivity index (χ2v) is 5.01. The molecule has 0 fully saturated rings. The summed E-state index contributed by atoms with van der Waals surface area (Å²) in [5.74, 6) is 2.12. The fraction of sp³-hybridized carbons (Fsp3) is 0.263. The number of ether oxygens (including phenoxy) is 4. The summed E-state index contributed by atoms with van der Waals surface area (Å²) in [4.78, 5) is 0. The highest BCUT2D eigenvalue weighted by Gasteiger charge is 2.16. The highest BCUT2D eigenvalue weighted by atomic mass is 16.5. The number of rotatable bonds is 7. The van der Waals surface area contributed by atoms with Gasteiger partial charge in [-0.1, -0.05) is 12.6 Å². The predicted octanol–water partition coefficient (Wildman–Crippen LogP) is 3.88. The Morgan fingerprint density at radius 3 is 2.00 bits per heavy atom. The molecular formula is C19H22O5. The monoisotopic (exact) mass is 330 g/mol. The van der Waals surface area contributed by atoms with Crippen LogP contribution in [0.25, 0.3) is 5.57 Å². The Kier molecular flexibility index (Phi) is 5.58. The fourth-order valence-corrected chi connectivity index (χ4v) is 2.40. The molecule has 0 saturated heterocycles. The molecule has 2 rings (SSSR count). The minimum absolute atomic E-state index is 0.0722. The van der Waals surface area contributed by atoms with E-state index < -0.39 is 0 Å². The van der Waals surface area contributed by atoms with Crippen LogP contribution in [0, 0.1) is 0 Å². The van der Waals surface area contributed by atoms with Gasteiger partial charge in [-0.2, -0.15) is 0 Å². The lowest BCUT2D eigenvalue weighted by atomic mass is 9.98. The molecule has 0 unspecified atom stereocenters. The van der Waals surface area contributed by atoms with Gasteiger partial charge in [-0.15, -0.1) is 0 Å². The van der Waals surface area contributed by atoms with E-state index in [0.717, 1.165) is 11.1 Å². The fourth-order valence-electron chi connectivity index (χ4n) is 2.40. The van der Waals surface area contributed by atoms with Crippen molar-refractivity contribution in [3.05, 3.63) is 48.0 Å². The molecule has 0 spiro atoms. The normalized spacial score (nSPS) is 10.2. The molecule has 1 N–H and O–H groups in total. The van der Waals surface area contributed by atoms with Crippen LogP contribution >= 0.6 is 0 Å². The Hall–Kier alpha value is -2.82. The van der Waals surface area contributed by atoms with Crippen molar-refractivity contribution in [2.24, 2.45) is 0 Å². The summed E-state index contributed by atoms with van der Waals surface area (Å²) in [6.45, 7) is 6.46. The quantitative estimate of drug-likeness (QED) is 0.835. The summed E-state index contributed by atoms with van der Waals surface area (Å²) in [6, 6.07) is 8.82. The predicted molar refractivity (Wildman–Crippen MR) is 93.5 cm³/mol. The number of phenolic OH excluding ortho intramolecular Hbond substituents is 1. The third-order valence-corrected chi connectivity index (χ3v) is 3.62. The van der Waals surface area contributed by atoms with Crippen LogP contribution in [0.2, 0.25) is 0 Å². The average molecular weight is 330 g/mol. The Morgan fingerprint density at radius 2 is 1.54 bits per heavy atom. The summed E-state index contributed by atoms with van der Waals surface area (Å²) in [7, 11) is 4.68. The SMILES string of the molecule is C=C(c1ccc(OCC)c(O)c1)c1cc(OC)c(OC)c(OC)c1. The molecule has 0 heterocycles. The van der Waals surface area contributed by atoms with E-state index in [4.69, 9.17) is 18.9 Å². The van der Waals surface area contributed by atoms with Crippen molar-refractivity contribution < 1.29 is 24.1 Å². The van der Waals surface area contributed by atoms with Gasteiger partial charge in [0.15, 0.2) is 23.0 Å². The van der Waals surface area contributed by atoms with Gasteiger partial charge in [-0.05, 0) is 47.9 Å². The number of methoxy groups -OCH3 is 3. The van der Waals surface area contributed by atoms with Crippen LogP contribution in [0.15, 0.2) is 36.9 Å². The molecule has 5 nitrogen and oxygen atoms in total. The van der Waals surface area contributed by atoms with Crippen LogP contribution in [0.1, 0.15) is 18.1 Å². The zero-order valence-corrected chi connectivity index (χ0v) is 14.4. The summed E-state index contributed by atoms with van der Waals surface area (Å²) in [6.07, 6.45) is 0. The number of benzene rings is 2. The van der Waals surface area contributed by atoms with Crippen LogP contribution in [-0.2, 0) is 0 Å². The lowest BCUT2D eigenvalue weighted by Gasteiger charge is -2.16. The van der Waals surface area contributed by atoms with Crippen molar-refractivity contribution in [2.45, 2.75) is 6.92 Å². The highest BCUT2D eigenvalue weighted by molar-refractivity contribution is 5.81. The molecule has 0 aliphatic rings. The highest BCUT2D eigenvalue weighted by Crippen LogP contribution is 2.41. The summed E-state index contributed by atoms with van der Waals surface area (Å²) in [5, 5.41) is 10.1. The van der Waals surface area contributed by atoms with E-state index in [1.807, 2.05) is 25.1 Å². The van der Waals surface area contributed by atoms with Crippen LogP contribution in [0.5, 0.6) is 28.7 Å². The molecule has 0 bridgehead atoms. The standard InChI is InChI=1S/C19H22O5/c1-6-24-16-8-7-13(9-15(16)20)12(2)14-10-17(21-3)19(23-5)18(11-14)22-4/h7-11,20H,2,6H2,1,3-5H3. The summed E-state index contributed by atoms with van der Waals surface area (Å²) < 4.78 is 21.4. The molecule has 0 saturated carbocycles. The van der Waals surface area contributed by atoms with Gasteiger partial charge in [-0.3, -0.25) is 0 Å². The van der Waals surface area contributed by atoms with Gasteiger partial charge in [-0.25, -0.2) is 0 Å². The maximum absolute atomic E-state index is 10.1. The first-order chi connectivity index (χ1) is 11.5. The van der Waals surface area contributed by atoms with Crippen molar-refractivity contribution in [1.82, 2.24) is 0 Å². The topological polar surface area (TPSA) is 57.2 Å². The maximum Gasteiger partial charge on any atom is 0.203 e. The Balaban J connectivity index is 2.44. The van der Waals surface area contributed by atoms with Crippen molar-refractivity contribution in [3.8, 4) is 28.7 Å². The lowest BCUT2D eigenvalue weighted by Crippen LogP contribution is -1.97. The van der Waals surface area contributed by atoms with Crippen LogP contribution in [0.3, 0.4) is 0 Å². The second-order valence-electron chi connectivity index (χ2n) is 5.01. The Labute approximate surface area is 142 Å². The van der Waals surface area contributed by atoms with E-state index in [0.29, 0.717) is 35.2 Å². The van der Waals surface area contributed by atoms with Crippen molar-refractivity contribution in [2.75, 3.05) is 27.9 Å². The van der Waals surface area contributed by atoms with Gasteiger partial charge in [0, 0.05) is 0 Å². The molecule has 0 radical (unpaired) electrons. The van der Waals surface area contributed by atoms with Gasteiger partial charge >= 0.3 is 0 Å². The van der Waals surface area contributed by atoms with E-state index in [-0.39, 0.29) is 5.75 Å². The molecule has 2 aromatic rings. The number of phenols is 1. The molecule has 0 aliphatic heterocycles. The first kappa shape index (κ1) is 17.5. The number of hydrogen-bond donors (Lipinski definition) is 1. The van der Waals surface area contributed by atoms with Gasteiger partial charge in [0.05, 0.1) is 27.9 Å². The summed E-state index contributed by atoms with van der Waals surface area (Å²) >= 11 is 0. The first-order valence-corrected chi connectivity index (χ1v) is 7.51. The van der Waals surface area contributed by atoms with Crippen molar-refractivity contribution in [1.29, 1.82) is 0 Å². The van der Waals surface area contributed by atoms with Crippen LogP contribution in [-0.4, -0.2) is 33.0 Å². The third-order valence-electron chi connectivity index (χ3n) is 3.62. The molecular weight excluding hydrogens is 308 g/mol. The average Bonchev–Trinajstić information content (AvgIpc) is 2.61. The van der Waals surface area contributed by atoms with Gasteiger partial charge in [0.2, 0.25) is 5.75 Å². The lowest BCUT2D eigenvalue weighted by molar-refractivity contribution is 0.318. The zero-order chi connectivity index (χ0) is 17.7. The second kappa shape index (κ2) is 7.64. The van der Waals surface area contributed by atoms with Gasteiger partial charge in [0.25, 0.3) is 0 Å². The smallest absolute Gasteiger partial charge is 0.203 e. The number of aromatic hydroxyl groups is 1. The van der Waals surface area contributed by atoms with E-state index in [9.17, 15) is 5.11 Å². The molecule has 128 valence electrons. The van der Waals surface area contributed by atoms with Crippen LogP contribution < -0.4 is 18.9 Å². The van der Waals surface area contributed by atoms with E-state index in [1.165, 1.54) is 0 Å². The molecule has 0 amide bonds. The molecule has 0 atom stereocenters. The Bertz CT molecular complexity index is 712. The Morgan fingerprint density at radius 1 is 0.917 bits per heavy atom. The molecule has 24 heavy (non-hydrogen) atoms. The number of hydrogen-bond acceptors (Lipinski definition) is 5. The largest absolute Gasteiger partial charge is 0.504 e. The third kappa shape index (κ3) is 3.40. The molecule has 0 aliphatic carbocycles. The van der Waals surface area contributed by atoms with E-state index in [1.54, 1.807) is 33.5 Å². The molecule has 0 aromatic heterocycles. The molecule has 5 heteroatoms. The summed E-state index contributed by atoms with van der Waals surface area (Å²) in [5.41, 5.74) is 2.28. The van der Waals surface area contributed by atoms with Crippen molar-refractivity contribution >= 4 is 5.57 Å². The van der Waals surface area contributed by atoms with E-state index >= 15 is 0 Å². The van der Waals surface area contributed by atoms with Gasteiger partial charge < -0.3 is 24.1 Å². The van der Waals surface area contributed by atoms with Crippen LogP contribution in [0.4, 0.5) is 0 Å². The van der Waals surface area contributed by atoms with Gasteiger partial charge in [0.1, 0.15) is 0 Å². The molecule has 2 aromatic carbocycles.